The maximum atomic E-state index is 11.8. The molecule has 4 heteroatoms. The Labute approximate surface area is 147 Å². The molecule has 0 unspecified atom stereocenters. The van der Waals surface area contributed by atoms with Crippen molar-refractivity contribution in [2.45, 2.75) is 6.61 Å². The fourth-order valence-electron chi connectivity index (χ4n) is 2.41. The predicted molar refractivity (Wildman–Crippen MR) is 98.3 cm³/mol. The van der Waals surface area contributed by atoms with Gasteiger partial charge in [0.15, 0.2) is 0 Å². The Kier molecular flexibility index (Phi) is 5.32. The molecule has 0 fully saturated rings. The number of nitrogens with one attached hydrogen (secondary N) is 1. The van der Waals surface area contributed by atoms with Crippen LogP contribution < -0.4 is 10.1 Å². The number of benzene rings is 3. The van der Waals surface area contributed by atoms with Gasteiger partial charge < -0.3 is 14.8 Å². The van der Waals surface area contributed by atoms with E-state index in [9.17, 15) is 4.79 Å². The minimum Gasteiger partial charge on any atom is -0.489 e. The van der Waals surface area contributed by atoms with Crippen LogP contribution in [0.4, 0.5) is 11.4 Å². The van der Waals surface area contributed by atoms with E-state index in [1.54, 1.807) is 12.1 Å². The van der Waals surface area contributed by atoms with Gasteiger partial charge in [-0.05, 0) is 42.0 Å². The van der Waals surface area contributed by atoms with Crippen molar-refractivity contribution in [3.8, 4) is 5.75 Å². The van der Waals surface area contributed by atoms with Crippen LogP contribution >= 0.6 is 0 Å². The number of ether oxygens (including phenoxy) is 2. The highest BCUT2D eigenvalue weighted by Gasteiger charge is 2.10. The molecule has 4 nitrogen and oxygen atoms in total. The highest BCUT2D eigenvalue weighted by molar-refractivity contribution is 5.96. The number of para-hydroxylation sites is 1. The molecule has 3 rings (SSSR count). The molecule has 1 N–H and O–H groups in total. The van der Waals surface area contributed by atoms with Crippen molar-refractivity contribution in [3.63, 3.8) is 0 Å². The molecule has 3 aromatic carbocycles. The van der Waals surface area contributed by atoms with E-state index >= 15 is 0 Å². The molecule has 0 aliphatic rings. The lowest BCUT2D eigenvalue weighted by atomic mass is 10.1. The van der Waals surface area contributed by atoms with Crippen LogP contribution in [0.5, 0.6) is 5.75 Å². The Bertz CT molecular complexity index is 829. The van der Waals surface area contributed by atoms with Crippen molar-refractivity contribution in [2.75, 3.05) is 12.4 Å². The van der Waals surface area contributed by atoms with Crippen LogP contribution in [-0.2, 0) is 11.3 Å². The first-order chi connectivity index (χ1) is 12.3. The molecule has 0 radical (unpaired) electrons. The van der Waals surface area contributed by atoms with Gasteiger partial charge in [-0.2, -0.15) is 0 Å². The average molecular weight is 333 g/mol. The topological polar surface area (TPSA) is 47.6 Å². The highest BCUT2D eigenvalue weighted by Crippen LogP contribution is 2.23. The quantitative estimate of drug-likeness (QED) is 0.659. The summed E-state index contributed by atoms with van der Waals surface area (Å²) < 4.78 is 10.6. The van der Waals surface area contributed by atoms with Crippen molar-refractivity contribution < 1.29 is 14.3 Å². The summed E-state index contributed by atoms with van der Waals surface area (Å²) in [6.07, 6.45) is 0. The lowest BCUT2D eigenvalue weighted by molar-refractivity contribution is 0.0602. The van der Waals surface area contributed by atoms with Crippen LogP contribution in [-0.4, -0.2) is 13.1 Å². The number of rotatable bonds is 6. The minimum absolute atomic E-state index is 0.370. The zero-order chi connectivity index (χ0) is 17.5. The largest absolute Gasteiger partial charge is 0.489 e. The van der Waals surface area contributed by atoms with Crippen LogP contribution in [0.1, 0.15) is 15.9 Å². The number of esters is 1. The van der Waals surface area contributed by atoms with Crippen LogP contribution in [0.3, 0.4) is 0 Å². The van der Waals surface area contributed by atoms with E-state index in [0.717, 1.165) is 17.0 Å². The molecule has 0 aliphatic carbocycles. The molecule has 0 bridgehead atoms. The number of carbonyl (C=O) groups is 1. The Morgan fingerprint density at radius 2 is 1.56 bits per heavy atom. The van der Waals surface area contributed by atoms with Crippen molar-refractivity contribution >= 4 is 17.3 Å². The van der Waals surface area contributed by atoms with Crippen LogP contribution in [0.2, 0.25) is 0 Å². The third kappa shape index (κ3) is 4.38. The zero-order valence-electron chi connectivity index (χ0n) is 13.9. The van der Waals surface area contributed by atoms with Crippen molar-refractivity contribution in [1.82, 2.24) is 0 Å². The van der Waals surface area contributed by atoms with E-state index in [1.807, 2.05) is 66.7 Å². The van der Waals surface area contributed by atoms with Gasteiger partial charge in [-0.1, -0.05) is 42.5 Å². The fourth-order valence-corrected chi connectivity index (χ4v) is 2.41. The first kappa shape index (κ1) is 16.6. The maximum Gasteiger partial charge on any atom is 0.339 e. The average Bonchev–Trinajstić information content (AvgIpc) is 2.68. The van der Waals surface area contributed by atoms with Crippen LogP contribution in [0, 0.1) is 0 Å². The predicted octanol–water partition coefficient (Wildman–Crippen LogP) is 4.80. The molecule has 0 saturated heterocycles. The van der Waals surface area contributed by atoms with E-state index in [0.29, 0.717) is 17.9 Å². The van der Waals surface area contributed by atoms with Gasteiger partial charge in [-0.25, -0.2) is 4.79 Å². The monoisotopic (exact) mass is 333 g/mol. The molecule has 0 saturated carbocycles. The fraction of sp³-hybridized carbons (Fsp3) is 0.0952. The summed E-state index contributed by atoms with van der Waals surface area (Å²) in [7, 11) is 1.37. The summed E-state index contributed by atoms with van der Waals surface area (Å²) in [4.78, 5) is 11.8. The van der Waals surface area contributed by atoms with Gasteiger partial charge in [0.25, 0.3) is 0 Å². The normalized spacial score (nSPS) is 10.1. The lowest BCUT2D eigenvalue weighted by Gasteiger charge is -2.11. The summed E-state index contributed by atoms with van der Waals surface area (Å²) in [5.41, 5.74) is 3.18. The molecule has 25 heavy (non-hydrogen) atoms. The number of hydrogen-bond donors (Lipinski definition) is 1. The number of hydrogen-bond acceptors (Lipinski definition) is 4. The number of carbonyl (C=O) groups excluding carboxylic acids is 1. The molecule has 0 spiro atoms. The Hall–Kier alpha value is -3.27. The summed E-state index contributed by atoms with van der Waals surface area (Å²) >= 11 is 0. The van der Waals surface area contributed by atoms with E-state index in [1.165, 1.54) is 7.11 Å². The second-order valence-electron chi connectivity index (χ2n) is 5.46. The van der Waals surface area contributed by atoms with Crippen molar-refractivity contribution in [3.05, 3.63) is 90.0 Å². The summed E-state index contributed by atoms with van der Waals surface area (Å²) in [6.45, 7) is 0.527. The third-order valence-corrected chi connectivity index (χ3v) is 3.71. The van der Waals surface area contributed by atoms with E-state index in [-0.39, 0.29) is 5.97 Å². The molecular formula is C21H19NO3. The van der Waals surface area contributed by atoms with Crippen molar-refractivity contribution in [1.29, 1.82) is 0 Å². The van der Waals surface area contributed by atoms with Gasteiger partial charge in [0.1, 0.15) is 12.4 Å². The SMILES string of the molecule is COC(=O)c1ccccc1Nc1ccc(OCc2ccccc2)cc1. The van der Waals surface area contributed by atoms with Gasteiger partial charge in [0.05, 0.1) is 18.4 Å². The Balaban J connectivity index is 1.66. The lowest BCUT2D eigenvalue weighted by Crippen LogP contribution is -2.05. The summed E-state index contributed by atoms with van der Waals surface area (Å²) in [5.74, 6) is 0.418. The van der Waals surface area contributed by atoms with Gasteiger partial charge in [0.2, 0.25) is 0 Å². The summed E-state index contributed by atoms with van der Waals surface area (Å²) in [6, 6.07) is 24.9. The molecule has 0 aliphatic heterocycles. The molecule has 0 atom stereocenters. The zero-order valence-corrected chi connectivity index (χ0v) is 13.9. The van der Waals surface area contributed by atoms with Gasteiger partial charge in [-0.15, -0.1) is 0 Å². The van der Waals surface area contributed by atoms with Crippen LogP contribution in [0.25, 0.3) is 0 Å². The minimum atomic E-state index is -0.370. The first-order valence-corrected chi connectivity index (χ1v) is 7.97. The van der Waals surface area contributed by atoms with Gasteiger partial charge in [0, 0.05) is 5.69 Å². The molecule has 0 amide bonds. The Morgan fingerprint density at radius 1 is 0.880 bits per heavy atom. The van der Waals surface area contributed by atoms with E-state index in [4.69, 9.17) is 9.47 Å². The van der Waals surface area contributed by atoms with Gasteiger partial charge in [-0.3, -0.25) is 0 Å². The molecule has 0 aromatic heterocycles. The molecule has 3 aromatic rings. The Morgan fingerprint density at radius 3 is 2.28 bits per heavy atom. The number of anilines is 2. The molecular weight excluding hydrogens is 314 g/mol. The molecule has 0 heterocycles. The molecule has 126 valence electrons. The number of methoxy groups -OCH3 is 1. The highest BCUT2D eigenvalue weighted by atomic mass is 16.5. The first-order valence-electron chi connectivity index (χ1n) is 7.97. The standard InChI is InChI=1S/C21H19NO3/c1-24-21(23)19-9-5-6-10-20(19)22-17-11-13-18(14-12-17)25-15-16-7-3-2-4-8-16/h2-14,22H,15H2,1H3. The van der Waals surface area contributed by atoms with Crippen molar-refractivity contribution in [2.24, 2.45) is 0 Å². The van der Waals surface area contributed by atoms with Gasteiger partial charge >= 0.3 is 5.97 Å². The maximum absolute atomic E-state index is 11.8. The van der Waals surface area contributed by atoms with E-state index < -0.39 is 0 Å². The van der Waals surface area contributed by atoms with Crippen LogP contribution in [0.15, 0.2) is 78.9 Å². The smallest absolute Gasteiger partial charge is 0.339 e. The second kappa shape index (κ2) is 8.02. The second-order valence-corrected chi connectivity index (χ2v) is 5.46. The third-order valence-electron chi connectivity index (χ3n) is 3.71. The summed E-state index contributed by atoms with van der Waals surface area (Å²) in [5, 5.41) is 3.23. The van der Waals surface area contributed by atoms with E-state index in [2.05, 4.69) is 5.32 Å².